The molecule has 2 heterocycles. The quantitative estimate of drug-likeness (QED) is 0.668. The van der Waals surface area contributed by atoms with Crippen LogP contribution in [0.4, 0.5) is 0 Å². The average Bonchev–Trinajstić information content (AvgIpc) is 3.24. The van der Waals surface area contributed by atoms with Crippen molar-refractivity contribution in [1.82, 2.24) is 9.97 Å². The number of rotatable bonds is 5. The highest BCUT2D eigenvalue weighted by Crippen LogP contribution is 2.27. The first kappa shape index (κ1) is 14.8. The van der Waals surface area contributed by atoms with E-state index >= 15 is 0 Å². The first-order valence-corrected chi connectivity index (χ1v) is 6.94. The molecule has 0 aliphatic carbocycles. The van der Waals surface area contributed by atoms with Gasteiger partial charge in [-0.25, -0.2) is 14.8 Å². The first-order chi connectivity index (χ1) is 11.2. The Labute approximate surface area is 131 Å². The lowest BCUT2D eigenvalue weighted by atomic mass is 10.1. The second kappa shape index (κ2) is 6.35. The molecule has 0 aliphatic rings. The molecule has 0 fully saturated rings. The van der Waals surface area contributed by atoms with Gasteiger partial charge in [0.2, 0.25) is 11.8 Å². The number of ether oxygens (including phenoxy) is 2. The number of nitrogens with zero attached hydrogens (tertiary/aromatic N) is 2. The molecule has 1 aromatic carbocycles. The SMILES string of the molecule is CCOc1cnc(-c2cccc(-c3nc(C(=O)OC)co3)c2)o1. The van der Waals surface area contributed by atoms with Crippen LogP contribution in [-0.2, 0) is 4.74 Å². The Kier molecular flexibility index (Phi) is 4.09. The summed E-state index contributed by atoms with van der Waals surface area (Å²) < 4.78 is 20.7. The molecule has 0 saturated carbocycles. The molecule has 0 saturated heterocycles. The van der Waals surface area contributed by atoms with E-state index in [1.165, 1.54) is 19.6 Å². The average molecular weight is 314 g/mol. The lowest BCUT2D eigenvalue weighted by Crippen LogP contribution is -2.00. The van der Waals surface area contributed by atoms with E-state index in [-0.39, 0.29) is 5.69 Å². The van der Waals surface area contributed by atoms with Gasteiger partial charge in [0.15, 0.2) is 5.69 Å². The van der Waals surface area contributed by atoms with Crippen molar-refractivity contribution in [3.8, 4) is 28.9 Å². The zero-order chi connectivity index (χ0) is 16.2. The van der Waals surface area contributed by atoms with Gasteiger partial charge in [0, 0.05) is 11.1 Å². The molecule has 0 atom stereocenters. The Bertz CT molecular complexity index is 821. The zero-order valence-corrected chi connectivity index (χ0v) is 12.6. The van der Waals surface area contributed by atoms with Crippen molar-refractivity contribution < 1.29 is 23.1 Å². The van der Waals surface area contributed by atoms with E-state index in [4.69, 9.17) is 13.6 Å². The fourth-order valence-electron chi connectivity index (χ4n) is 1.99. The summed E-state index contributed by atoms with van der Waals surface area (Å²) in [5.41, 5.74) is 1.54. The van der Waals surface area contributed by atoms with E-state index in [9.17, 15) is 4.79 Å². The van der Waals surface area contributed by atoms with E-state index in [0.29, 0.717) is 29.9 Å². The fourth-order valence-corrected chi connectivity index (χ4v) is 1.99. The molecule has 7 nitrogen and oxygen atoms in total. The topological polar surface area (TPSA) is 87.6 Å². The van der Waals surface area contributed by atoms with Gasteiger partial charge in [0.05, 0.1) is 13.7 Å². The Morgan fingerprint density at radius 1 is 1.26 bits per heavy atom. The monoisotopic (exact) mass is 314 g/mol. The summed E-state index contributed by atoms with van der Waals surface area (Å²) in [7, 11) is 1.29. The van der Waals surface area contributed by atoms with Crippen molar-refractivity contribution in [2.45, 2.75) is 6.92 Å². The van der Waals surface area contributed by atoms with Gasteiger partial charge >= 0.3 is 11.9 Å². The summed E-state index contributed by atoms with van der Waals surface area (Å²) in [4.78, 5) is 19.7. The number of carbonyl (C=O) groups excluding carboxylic acids is 1. The summed E-state index contributed by atoms with van der Waals surface area (Å²) in [5, 5.41) is 0. The number of carbonyl (C=O) groups is 1. The third-order valence-corrected chi connectivity index (χ3v) is 3.03. The van der Waals surface area contributed by atoms with Crippen LogP contribution in [0, 0.1) is 0 Å². The van der Waals surface area contributed by atoms with Crippen LogP contribution >= 0.6 is 0 Å². The molecule has 3 aromatic rings. The van der Waals surface area contributed by atoms with E-state index in [2.05, 4.69) is 14.7 Å². The van der Waals surface area contributed by atoms with Crippen LogP contribution < -0.4 is 4.74 Å². The lowest BCUT2D eigenvalue weighted by Gasteiger charge is -1.99. The highest BCUT2D eigenvalue weighted by atomic mass is 16.6. The predicted molar refractivity (Wildman–Crippen MR) is 79.9 cm³/mol. The lowest BCUT2D eigenvalue weighted by molar-refractivity contribution is 0.0594. The van der Waals surface area contributed by atoms with E-state index < -0.39 is 5.97 Å². The normalized spacial score (nSPS) is 10.5. The first-order valence-electron chi connectivity index (χ1n) is 6.94. The highest BCUT2D eigenvalue weighted by Gasteiger charge is 2.15. The Morgan fingerprint density at radius 2 is 2.04 bits per heavy atom. The maximum atomic E-state index is 11.4. The summed E-state index contributed by atoms with van der Waals surface area (Å²) >= 11 is 0. The third kappa shape index (κ3) is 3.08. The van der Waals surface area contributed by atoms with E-state index in [0.717, 1.165) is 5.56 Å². The third-order valence-electron chi connectivity index (χ3n) is 3.03. The van der Waals surface area contributed by atoms with Gasteiger partial charge < -0.3 is 18.3 Å². The Balaban J connectivity index is 1.90. The second-order valence-corrected chi connectivity index (χ2v) is 4.53. The standard InChI is InChI=1S/C16H14N2O5/c1-3-21-13-8-17-14(23-13)10-5-4-6-11(7-10)15-18-12(9-22-15)16(19)20-2/h4-9H,3H2,1-2H3. The molecule has 0 unspecified atom stereocenters. The van der Waals surface area contributed by atoms with Crippen LogP contribution in [0.3, 0.4) is 0 Å². The van der Waals surface area contributed by atoms with Crippen molar-refractivity contribution in [3.05, 3.63) is 42.4 Å². The highest BCUT2D eigenvalue weighted by molar-refractivity contribution is 5.87. The van der Waals surface area contributed by atoms with Gasteiger partial charge in [0.25, 0.3) is 0 Å². The molecule has 0 amide bonds. The van der Waals surface area contributed by atoms with Gasteiger partial charge in [-0.05, 0) is 25.1 Å². The number of hydrogen-bond acceptors (Lipinski definition) is 7. The van der Waals surface area contributed by atoms with Gasteiger partial charge in [-0.15, -0.1) is 0 Å². The molecule has 118 valence electrons. The predicted octanol–water partition coefficient (Wildman–Crippen LogP) is 3.18. The molecule has 0 bridgehead atoms. The van der Waals surface area contributed by atoms with Crippen molar-refractivity contribution >= 4 is 5.97 Å². The van der Waals surface area contributed by atoms with Crippen molar-refractivity contribution in [2.24, 2.45) is 0 Å². The minimum atomic E-state index is -0.551. The van der Waals surface area contributed by atoms with Crippen LogP contribution in [-0.4, -0.2) is 29.7 Å². The number of hydrogen-bond donors (Lipinski definition) is 0. The summed E-state index contributed by atoms with van der Waals surface area (Å²) in [6, 6.07) is 7.27. The van der Waals surface area contributed by atoms with Gasteiger partial charge in [0.1, 0.15) is 12.5 Å². The number of methoxy groups -OCH3 is 1. The van der Waals surface area contributed by atoms with Crippen LogP contribution in [0.25, 0.3) is 22.9 Å². The van der Waals surface area contributed by atoms with E-state index in [1.54, 1.807) is 6.07 Å². The Hall–Kier alpha value is -3.09. The molecular formula is C16H14N2O5. The molecule has 3 rings (SSSR count). The second-order valence-electron chi connectivity index (χ2n) is 4.53. The van der Waals surface area contributed by atoms with Crippen molar-refractivity contribution in [2.75, 3.05) is 13.7 Å². The van der Waals surface area contributed by atoms with Crippen LogP contribution in [0.5, 0.6) is 5.95 Å². The van der Waals surface area contributed by atoms with Crippen LogP contribution in [0.1, 0.15) is 17.4 Å². The van der Waals surface area contributed by atoms with Gasteiger partial charge in [-0.2, -0.15) is 0 Å². The number of aromatic nitrogens is 2. The molecule has 2 aromatic heterocycles. The smallest absolute Gasteiger partial charge is 0.360 e. The molecule has 0 aliphatic heterocycles. The molecule has 0 radical (unpaired) electrons. The summed E-state index contributed by atoms with van der Waals surface area (Å²) in [5.74, 6) is 0.543. The summed E-state index contributed by atoms with van der Waals surface area (Å²) in [6.07, 6.45) is 2.78. The van der Waals surface area contributed by atoms with E-state index in [1.807, 2.05) is 25.1 Å². The van der Waals surface area contributed by atoms with Crippen LogP contribution in [0.15, 0.2) is 45.6 Å². The molecule has 0 spiro atoms. The zero-order valence-electron chi connectivity index (χ0n) is 12.6. The maximum absolute atomic E-state index is 11.4. The fraction of sp³-hybridized carbons (Fsp3) is 0.188. The molecule has 0 N–H and O–H groups in total. The molecular weight excluding hydrogens is 300 g/mol. The molecule has 23 heavy (non-hydrogen) atoms. The number of oxazole rings is 2. The van der Waals surface area contributed by atoms with Crippen molar-refractivity contribution in [3.63, 3.8) is 0 Å². The largest absolute Gasteiger partial charge is 0.464 e. The number of benzene rings is 1. The maximum Gasteiger partial charge on any atom is 0.360 e. The summed E-state index contributed by atoms with van der Waals surface area (Å²) in [6.45, 7) is 2.37. The molecule has 7 heteroatoms. The van der Waals surface area contributed by atoms with Gasteiger partial charge in [-0.1, -0.05) is 6.07 Å². The minimum Gasteiger partial charge on any atom is -0.464 e. The van der Waals surface area contributed by atoms with Crippen LogP contribution in [0.2, 0.25) is 0 Å². The minimum absolute atomic E-state index is 0.114. The number of esters is 1. The van der Waals surface area contributed by atoms with Gasteiger partial charge in [-0.3, -0.25) is 0 Å². The Morgan fingerprint density at radius 3 is 2.78 bits per heavy atom. The van der Waals surface area contributed by atoms with Crippen molar-refractivity contribution in [1.29, 1.82) is 0 Å².